The van der Waals surface area contributed by atoms with Crippen LogP contribution < -0.4 is 5.32 Å². The Balaban J connectivity index is 2.95. The lowest BCUT2D eigenvalue weighted by atomic mass is 10.3. The molecule has 0 unspecified atom stereocenters. The third-order valence-electron chi connectivity index (χ3n) is 1.19. The van der Waals surface area contributed by atoms with Gasteiger partial charge in [-0.25, -0.2) is 8.78 Å². The Bertz CT molecular complexity index is 271. The van der Waals surface area contributed by atoms with Crippen molar-refractivity contribution >= 4 is 5.69 Å². The maximum absolute atomic E-state index is 12.5. The van der Waals surface area contributed by atoms with E-state index >= 15 is 0 Å². The summed E-state index contributed by atoms with van der Waals surface area (Å²) in [5, 5.41) is 2.63. The van der Waals surface area contributed by atoms with Crippen LogP contribution in [0.3, 0.4) is 0 Å². The van der Waals surface area contributed by atoms with Gasteiger partial charge < -0.3 is 5.32 Å². The van der Waals surface area contributed by atoms with Crippen molar-refractivity contribution in [2.75, 3.05) is 5.32 Å². The Kier molecular flexibility index (Phi) is 2.21. The molecule has 0 aromatic heterocycles. The van der Waals surface area contributed by atoms with Crippen molar-refractivity contribution in [1.82, 2.24) is 0 Å². The molecule has 0 aliphatic carbocycles. The lowest BCUT2D eigenvalue weighted by Crippen LogP contribution is -1.89. The summed E-state index contributed by atoms with van der Waals surface area (Å²) in [5.74, 6) is -1.71. The van der Waals surface area contributed by atoms with Crippen molar-refractivity contribution < 1.29 is 8.78 Å². The maximum atomic E-state index is 12.5. The molecule has 1 aromatic rings. The first-order chi connectivity index (χ1) is 5.24. The maximum Gasteiger partial charge on any atom is 0.160 e. The summed E-state index contributed by atoms with van der Waals surface area (Å²) in [6.07, 6.45) is 1.40. The van der Waals surface area contributed by atoms with E-state index in [2.05, 4.69) is 11.9 Å². The van der Waals surface area contributed by atoms with Gasteiger partial charge in [0, 0.05) is 11.8 Å². The molecule has 1 nitrogen and oxygen atoms in total. The van der Waals surface area contributed by atoms with Crippen LogP contribution in [-0.2, 0) is 0 Å². The van der Waals surface area contributed by atoms with E-state index in [1.165, 1.54) is 12.3 Å². The average molecular weight is 155 g/mol. The smallest absolute Gasteiger partial charge is 0.160 e. The first-order valence-electron chi connectivity index (χ1n) is 3.06. The molecule has 1 aromatic carbocycles. The van der Waals surface area contributed by atoms with Crippen molar-refractivity contribution in [2.24, 2.45) is 0 Å². The van der Waals surface area contributed by atoms with Gasteiger partial charge >= 0.3 is 0 Å². The zero-order valence-electron chi connectivity index (χ0n) is 5.77. The van der Waals surface area contributed by atoms with Crippen LogP contribution in [0.25, 0.3) is 0 Å². The van der Waals surface area contributed by atoms with Gasteiger partial charge in [0.15, 0.2) is 11.6 Å². The number of halogens is 2. The van der Waals surface area contributed by atoms with Crippen LogP contribution in [-0.4, -0.2) is 0 Å². The zero-order chi connectivity index (χ0) is 8.27. The molecule has 0 radical (unpaired) electrons. The van der Waals surface area contributed by atoms with Crippen LogP contribution in [0, 0.1) is 11.6 Å². The molecule has 0 bridgehead atoms. The largest absolute Gasteiger partial charge is 0.362 e. The lowest BCUT2D eigenvalue weighted by molar-refractivity contribution is 0.509. The van der Waals surface area contributed by atoms with E-state index in [9.17, 15) is 8.78 Å². The Hall–Kier alpha value is -1.38. The monoisotopic (exact) mass is 155 g/mol. The molecule has 0 saturated carbocycles. The highest BCUT2D eigenvalue weighted by Gasteiger charge is 1.99. The molecule has 0 aliphatic heterocycles. The highest BCUT2D eigenvalue weighted by Crippen LogP contribution is 2.12. The van der Waals surface area contributed by atoms with Crippen LogP contribution in [0.1, 0.15) is 0 Å². The number of benzene rings is 1. The normalized spacial score (nSPS) is 9.27. The Morgan fingerprint density at radius 2 is 2.00 bits per heavy atom. The molecular weight excluding hydrogens is 148 g/mol. The molecular formula is C8H7F2N. The fourth-order valence-corrected chi connectivity index (χ4v) is 0.704. The summed E-state index contributed by atoms with van der Waals surface area (Å²) >= 11 is 0. The quantitative estimate of drug-likeness (QED) is 0.691. The minimum atomic E-state index is -0.864. The summed E-state index contributed by atoms with van der Waals surface area (Å²) < 4.78 is 24.8. The van der Waals surface area contributed by atoms with E-state index < -0.39 is 11.6 Å². The van der Waals surface area contributed by atoms with E-state index in [1.54, 1.807) is 0 Å². The number of hydrogen-bond donors (Lipinski definition) is 1. The minimum Gasteiger partial charge on any atom is -0.362 e. The Morgan fingerprint density at radius 3 is 2.55 bits per heavy atom. The fourth-order valence-electron chi connectivity index (χ4n) is 0.704. The second kappa shape index (κ2) is 3.14. The SMILES string of the molecule is C=CNc1ccc(F)c(F)c1. The average Bonchev–Trinajstić information content (AvgIpc) is 1.98. The summed E-state index contributed by atoms with van der Waals surface area (Å²) in [6, 6.07) is 3.55. The Labute approximate surface area is 63.4 Å². The summed E-state index contributed by atoms with van der Waals surface area (Å²) in [6.45, 7) is 3.38. The van der Waals surface area contributed by atoms with Crippen molar-refractivity contribution in [3.8, 4) is 0 Å². The number of hydrogen-bond acceptors (Lipinski definition) is 1. The van der Waals surface area contributed by atoms with Crippen molar-refractivity contribution in [2.45, 2.75) is 0 Å². The molecule has 58 valence electrons. The van der Waals surface area contributed by atoms with Gasteiger partial charge in [0.2, 0.25) is 0 Å². The van der Waals surface area contributed by atoms with Crippen molar-refractivity contribution in [3.63, 3.8) is 0 Å². The third kappa shape index (κ3) is 1.77. The standard InChI is InChI=1S/C8H7F2N/c1-2-11-6-3-4-7(9)8(10)5-6/h2-5,11H,1H2. The first kappa shape index (κ1) is 7.72. The molecule has 0 saturated heterocycles. The molecule has 1 rings (SSSR count). The van der Waals surface area contributed by atoms with Gasteiger partial charge in [-0.3, -0.25) is 0 Å². The first-order valence-corrected chi connectivity index (χ1v) is 3.06. The molecule has 0 amide bonds. The van der Waals surface area contributed by atoms with Crippen molar-refractivity contribution in [1.29, 1.82) is 0 Å². The zero-order valence-corrected chi connectivity index (χ0v) is 5.77. The summed E-state index contributed by atoms with van der Waals surface area (Å²) in [5.41, 5.74) is 0.485. The van der Waals surface area contributed by atoms with Gasteiger partial charge in [0.05, 0.1) is 0 Å². The van der Waals surface area contributed by atoms with Crippen LogP contribution in [0.4, 0.5) is 14.5 Å². The lowest BCUT2D eigenvalue weighted by Gasteiger charge is -1.99. The molecule has 11 heavy (non-hydrogen) atoms. The van der Waals surface area contributed by atoms with Gasteiger partial charge in [-0.05, 0) is 18.3 Å². The van der Waals surface area contributed by atoms with Gasteiger partial charge in [-0.15, -0.1) is 0 Å². The molecule has 0 fully saturated rings. The highest BCUT2D eigenvalue weighted by atomic mass is 19.2. The summed E-state index contributed by atoms with van der Waals surface area (Å²) in [7, 11) is 0. The number of rotatable bonds is 2. The molecule has 0 spiro atoms. The van der Waals surface area contributed by atoms with Gasteiger partial charge in [0.1, 0.15) is 0 Å². The van der Waals surface area contributed by atoms with E-state index in [0.29, 0.717) is 5.69 Å². The van der Waals surface area contributed by atoms with Crippen LogP contribution in [0.15, 0.2) is 31.0 Å². The van der Waals surface area contributed by atoms with Crippen LogP contribution >= 0.6 is 0 Å². The number of anilines is 1. The Morgan fingerprint density at radius 1 is 1.27 bits per heavy atom. The predicted octanol–water partition coefficient (Wildman–Crippen LogP) is 2.52. The minimum absolute atomic E-state index is 0.485. The van der Waals surface area contributed by atoms with Gasteiger partial charge in [0.25, 0.3) is 0 Å². The van der Waals surface area contributed by atoms with Gasteiger partial charge in [-0.2, -0.15) is 0 Å². The molecule has 3 heteroatoms. The summed E-state index contributed by atoms with van der Waals surface area (Å²) in [4.78, 5) is 0. The van der Waals surface area contributed by atoms with Crippen LogP contribution in [0.5, 0.6) is 0 Å². The second-order valence-corrected chi connectivity index (χ2v) is 1.98. The molecule has 0 aliphatic rings. The molecule has 1 N–H and O–H groups in total. The highest BCUT2D eigenvalue weighted by molar-refractivity contribution is 5.45. The van der Waals surface area contributed by atoms with Gasteiger partial charge in [-0.1, -0.05) is 6.58 Å². The van der Waals surface area contributed by atoms with E-state index in [1.807, 2.05) is 0 Å². The third-order valence-corrected chi connectivity index (χ3v) is 1.19. The second-order valence-electron chi connectivity index (χ2n) is 1.98. The van der Waals surface area contributed by atoms with Crippen molar-refractivity contribution in [3.05, 3.63) is 42.6 Å². The van der Waals surface area contributed by atoms with E-state index in [4.69, 9.17) is 0 Å². The number of nitrogens with one attached hydrogen (secondary N) is 1. The molecule has 0 heterocycles. The fraction of sp³-hybridized carbons (Fsp3) is 0. The van der Waals surface area contributed by atoms with E-state index in [0.717, 1.165) is 12.1 Å². The van der Waals surface area contributed by atoms with E-state index in [-0.39, 0.29) is 0 Å². The topological polar surface area (TPSA) is 12.0 Å². The van der Waals surface area contributed by atoms with Crippen LogP contribution in [0.2, 0.25) is 0 Å². The molecule has 0 atom stereocenters. The predicted molar refractivity (Wildman–Crippen MR) is 40.2 cm³/mol.